The van der Waals surface area contributed by atoms with Crippen molar-refractivity contribution in [2.45, 2.75) is 127 Å². The molecule has 0 aliphatic carbocycles. The molecule has 0 spiro atoms. The second-order valence-corrected chi connectivity index (χ2v) is 8.65. The Morgan fingerprint density at radius 1 is 0.806 bits per heavy atom. The van der Waals surface area contributed by atoms with Crippen LogP contribution in [-0.2, 0) is 9.53 Å². The number of carbonyl (C=O) groups is 1. The van der Waals surface area contributed by atoms with Gasteiger partial charge in [-0.2, -0.15) is 0 Å². The van der Waals surface area contributed by atoms with Crippen LogP contribution in [-0.4, -0.2) is 63.6 Å². The average molecular weight is 444 g/mol. The first-order chi connectivity index (χ1) is 15.0. The summed E-state index contributed by atoms with van der Waals surface area (Å²) < 4.78 is 5.28. The number of amides is 1. The monoisotopic (exact) mass is 443 g/mol. The van der Waals surface area contributed by atoms with Crippen molar-refractivity contribution in [3.05, 3.63) is 12.2 Å². The summed E-state index contributed by atoms with van der Waals surface area (Å²) >= 11 is 0. The molecule has 1 unspecified atom stereocenters. The van der Waals surface area contributed by atoms with E-state index in [1.807, 2.05) is 0 Å². The van der Waals surface area contributed by atoms with Crippen molar-refractivity contribution in [2.75, 3.05) is 6.61 Å². The first kappa shape index (κ1) is 28.0. The van der Waals surface area contributed by atoms with Gasteiger partial charge in [-0.3, -0.25) is 4.79 Å². The average Bonchev–Trinajstić information content (AvgIpc) is 2.76. The molecular weight excluding hydrogens is 398 g/mol. The van der Waals surface area contributed by atoms with Crippen molar-refractivity contribution in [3.8, 4) is 0 Å². The quantitative estimate of drug-likeness (QED) is 0.174. The topological polar surface area (TPSA) is 119 Å². The third-order valence-corrected chi connectivity index (χ3v) is 5.86. The molecule has 31 heavy (non-hydrogen) atoms. The van der Waals surface area contributed by atoms with E-state index in [0.717, 1.165) is 32.1 Å². The summed E-state index contributed by atoms with van der Waals surface area (Å²) in [7, 11) is 0. The zero-order chi connectivity index (χ0) is 22.9. The Balaban J connectivity index is 1.99. The predicted molar refractivity (Wildman–Crippen MR) is 121 cm³/mol. The maximum absolute atomic E-state index is 12.1. The molecule has 1 aliphatic rings. The number of ether oxygens (including phenoxy) is 1. The summed E-state index contributed by atoms with van der Waals surface area (Å²) in [5.41, 5.74) is 0. The van der Waals surface area contributed by atoms with Crippen molar-refractivity contribution in [2.24, 2.45) is 0 Å². The van der Waals surface area contributed by atoms with Gasteiger partial charge in [0.15, 0.2) is 6.23 Å². The van der Waals surface area contributed by atoms with Crippen LogP contribution in [0.4, 0.5) is 0 Å². The van der Waals surface area contributed by atoms with E-state index in [2.05, 4.69) is 24.4 Å². The van der Waals surface area contributed by atoms with Crippen molar-refractivity contribution in [1.82, 2.24) is 5.32 Å². The van der Waals surface area contributed by atoms with E-state index in [-0.39, 0.29) is 5.91 Å². The molecule has 182 valence electrons. The highest BCUT2D eigenvalue weighted by atomic mass is 16.6. The first-order valence-electron chi connectivity index (χ1n) is 12.3. The fraction of sp³-hybridized carbons (Fsp3) is 0.875. The van der Waals surface area contributed by atoms with Crippen LogP contribution >= 0.6 is 0 Å². The van der Waals surface area contributed by atoms with Crippen LogP contribution in [0.2, 0.25) is 0 Å². The summed E-state index contributed by atoms with van der Waals surface area (Å²) in [6.45, 7) is 1.74. The van der Waals surface area contributed by atoms with Gasteiger partial charge in [0.2, 0.25) is 5.91 Å². The van der Waals surface area contributed by atoms with Gasteiger partial charge in [0, 0.05) is 6.42 Å². The molecule has 0 radical (unpaired) electrons. The Morgan fingerprint density at radius 3 is 1.94 bits per heavy atom. The minimum atomic E-state index is -1.48. The fourth-order valence-corrected chi connectivity index (χ4v) is 3.81. The van der Waals surface area contributed by atoms with Gasteiger partial charge >= 0.3 is 0 Å². The lowest BCUT2D eigenvalue weighted by atomic mass is 9.98. The summed E-state index contributed by atoms with van der Waals surface area (Å²) in [6, 6.07) is 0. The molecule has 1 aliphatic heterocycles. The van der Waals surface area contributed by atoms with Crippen LogP contribution < -0.4 is 5.32 Å². The lowest BCUT2D eigenvalue weighted by Crippen LogP contribution is -2.63. The number of hydrogen-bond donors (Lipinski definition) is 5. The van der Waals surface area contributed by atoms with Crippen LogP contribution in [0.15, 0.2) is 12.2 Å². The van der Waals surface area contributed by atoms with Crippen LogP contribution in [0.1, 0.15) is 96.8 Å². The molecular formula is C24H45NO6. The van der Waals surface area contributed by atoms with E-state index in [4.69, 9.17) is 4.74 Å². The highest BCUT2D eigenvalue weighted by Gasteiger charge is 2.43. The molecule has 0 aromatic rings. The largest absolute Gasteiger partial charge is 0.394 e. The zero-order valence-electron chi connectivity index (χ0n) is 19.3. The molecule has 5 atom stereocenters. The molecule has 1 saturated heterocycles. The van der Waals surface area contributed by atoms with E-state index in [1.54, 1.807) is 0 Å². The van der Waals surface area contributed by atoms with Crippen LogP contribution in [0, 0.1) is 0 Å². The van der Waals surface area contributed by atoms with E-state index < -0.39 is 37.3 Å². The lowest BCUT2D eigenvalue weighted by molar-refractivity contribution is -0.236. The van der Waals surface area contributed by atoms with Gasteiger partial charge in [-0.1, -0.05) is 70.4 Å². The van der Waals surface area contributed by atoms with Crippen LogP contribution in [0.3, 0.4) is 0 Å². The molecule has 0 aromatic heterocycles. The Bertz CT molecular complexity index is 485. The number of hydrogen-bond acceptors (Lipinski definition) is 6. The number of aliphatic hydroxyl groups is 4. The number of aliphatic hydroxyl groups excluding tert-OH is 4. The Morgan fingerprint density at radius 2 is 1.35 bits per heavy atom. The summed E-state index contributed by atoms with van der Waals surface area (Å²) in [6.07, 6.45) is 13.9. The van der Waals surface area contributed by atoms with Gasteiger partial charge in [-0.25, -0.2) is 0 Å². The lowest BCUT2D eigenvalue weighted by Gasteiger charge is -2.40. The molecule has 0 saturated carbocycles. The summed E-state index contributed by atoms with van der Waals surface area (Å²) in [4.78, 5) is 12.1. The Kier molecular flexibility index (Phi) is 15.9. The summed E-state index contributed by atoms with van der Waals surface area (Å²) in [5, 5.41) is 41.1. The molecule has 7 nitrogen and oxygen atoms in total. The Hall–Kier alpha value is -0.990. The standard InChI is InChI=1S/C24H45NO6/c1-2-3-4-5-6-7-8-9-10-11-12-13-14-15-16-17-20(27)25-24-23(30)22(29)21(28)19(18-26)31-24/h9-10,19,21-24,26,28-30H,2-8,11-18H2,1H3,(H,25,27)/b10-9-/t19-,21-,22+,23-,24?/m1/s1. The highest BCUT2D eigenvalue weighted by Crippen LogP contribution is 2.20. The number of nitrogens with one attached hydrogen (secondary N) is 1. The minimum absolute atomic E-state index is 0.276. The number of unbranched alkanes of at least 4 members (excludes halogenated alkanes) is 11. The summed E-state index contributed by atoms with van der Waals surface area (Å²) in [5.74, 6) is -0.276. The van der Waals surface area contributed by atoms with Crippen molar-refractivity contribution >= 4 is 5.91 Å². The maximum Gasteiger partial charge on any atom is 0.222 e. The maximum atomic E-state index is 12.1. The number of allylic oxidation sites excluding steroid dienone is 2. The molecule has 5 N–H and O–H groups in total. The molecule has 1 rings (SSSR count). The predicted octanol–water partition coefficient (Wildman–Crippen LogP) is 2.94. The fourth-order valence-electron chi connectivity index (χ4n) is 3.81. The third-order valence-electron chi connectivity index (χ3n) is 5.86. The SMILES string of the molecule is CCCCCCCC/C=C\CCCCCCCC(=O)NC1O[C@H](CO)[C@@H](O)[C@H](O)[C@H]1O. The molecule has 1 fully saturated rings. The molecule has 1 amide bonds. The van der Waals surface area contributed by atoms with E-state index >= 15 is 0 Å². The van der Waals surface area contributed by atoms with Gasteiger partial charge < -0.3 is 30.5 Å². The van der Waals surface area contributed by atoms with Gasteiger partial charge in [-0.15, -0.1) is 0 Å². The van der Waals surface area contributed by atoms with Gasteiger partial charge in [0.05, 0.1) is 6.61 Å². The van der Waals surface area contributed by atoms with Crippen molar-refractivity contribution in [1.29, 1.82) is 0 Å². The second kappa shape index (κ2) is 17.6. The second-order valence-electron chi connectivity index (χ2n) is 8.65. The molecule has 7 heteroatoms. The zero-order valence-corrected chi connectivity index (χ0v) is 19.3. The molecule has 0 aromatic carbocycles. The minimum Gasteiger partial charge on any atom is -0.394 e. The first-order valence-corrected chi connectivity index (χ1v) is 12.3. The third kappa shape index (κ3) is 12.0. The van der Waals surface area contributed by atoms with E-state index in [1.165, 1.54) is 51.4 Å². The van der Waals surface area contributed by atoms with Crippen molar-refractivity contribution in [3.63, 3.8) is 0 Å². The molecule has 0 bridgehead atoms. The van der Waals surface area contributed by atoms with Gasteiger partial charge in [0.25, 0.3) is 0 Å². The normalized spacial score (nSPS) is 26.4. The van der Waals surface area contributed by atoms with Gasteiger partial charge in [-0.05, 0) is 32.1 Å². The van der Waals surface area contributed by atoms with E-state index in [0.29, 0.717) is 6.42 Å². The molecule has 1 heterocycles. The smallest absolute Gasteiger partial charge is 0.222 e. The number of rotatable bonds is 17. The van der Waals surface area contributed by atoms with Crippen LogP contribution in [0.25, 0.3) is 0 Å². The number of carbonyl (C=O) groups excluding carboxylic acids is 1. The van der Waals surface area contributed by atoms with Crippen molar-refractivity contribution < 1.29 is 30.0 Å². The van der Waals surface area contributed by atoms with Gasteiger partial charge in [0.1, 0.15) is 24.4 Å². The highest BCUT2D eigenvalue weighted by molar-refractivity contribution is 5.76. The van der Waals surface area contributed by atoms with Crippen LogP contribution in [0.5, 0.6) is 0 Å². The Labute approximate surface area is 187 Å². The van der Waals surface area contributed by atoms with E-state index in [9.17, 15) is 25.2 Å².